The first-order chi connectivity index (χ1) is 4.34. The largest absolute Gasteiger partial charge is 1.00 e. The number of rotatable bonds is 1. The Morgan fingerprint density at radius 2 is 2.00 bits per heavy atom. The van der Waals surface area contributed by atoms with Gasteiger partial charge in [-0.15, -0.1) is 0 Å². The summed E-state index contributed by atoms with van der Waals surface area (Å²) >= 11 is 0. The van der Waals surface area contributed by atoms with Gasteiger partial charge in [-0.3, -0.25) is 0 Å². The number of aromatic hydroxyl groups is 1. The van der Waals surface area contributed by atoms with Crippen LogP contribution in [0.15, 0.2) is 30.8 Å². The van der Waals surface area contributed by atoms with Crippen molar-refractivity contribution in [2.75, 3.05) is 0 Å². The first-order valence-corrected chi connectivity index (χ1v) is 2.75. The van der Waals surface area contributed by atoms with Crippen molar-refractivity contribution in [2.45, 2.75) is 0 Å². The van der Waals surface area contributed by atoms with Gasteiger partial charge in [0.05, 0.1) is 0 Å². The summed E-state index contributed by atoms with van der Waals surface area (Å²) in [7, 11) is 0. The molecular weight excluding hydrogens is 151 g/mol. The summed E-state index contributed by atoms with van der Waals surface area (Å²) in [5, 5.41) is 9.04. The molecule has 1 aromatic carbocycles. The number of phenolic OH excluding ortho intramolecular Hbond substituents is 1. The van der Waals surface area contributed by atoms with Crippen molar-refractivity contribution in [1.82, 2.24) is 0 Å². The molecule has 0 amide bonds. The number of hydrogen-bond acceptors (Lipinski definition) is 1. The molecule has 0 atom stereocenters. The third-order valence-corrected chi connectivity index (χ3v) is 1.16. The van der Waals surface area contributed by atoms with Gasteiger partial charge in [-0.25, -0.2) is 0 Å². The van der Waals surface area contributed by atoms with E-state index in [-0.39, 0.29) is 58.6 Å². The fourth-order valence-electron chi connectivity index (χ4n) is 0.660. The number of hydrogen-bond donors (Lipinski definition) is 1. The second-order valence-corrected chi connectivity index (χ2v) is 1.76. The average molecular weight is 160 g/mol. The Labute approximate surface area is 105 Å². The van der Waals surface area contributed by atoms with Crippen LogP contribution in [0.2, 0.25) is 0 Å². The summed E-state index contributed by atoms with van der Waals surface area (Å²) in [6, 6.07) is 7.08. The molecule has 0 saturated carbocycles. The first kappa shape index (κ1) is 10.4. The van der Waals surface area contributed by atoms with E-state index in [0.717, 1.165) is 5.56 Å². The summed E-state index contributed by atoms with van der Waals surface area (Å²) in [4.78, 5) is 0. The van der Waals surface area contributed by atoms with Gasteiger partial charge in [0.15, 0.2) is 0 Å². The van der Waals surface area contributed by atoms with Gasteiger partial charge in [0, 0.05) is 5.56 Å². The topological polar surface area (TPSA) is 20.2 Å². The van der Waals surface area contributed by atoms with Crippen LogP contribution in [0.25, 0.3) is 6.08 Å². The molecule has 1 rings (SSSR count). The quantitative estimate of drug-likeness (QED) is 0.531. The molecule has 0 unspecified atom stereocenters. The molecule has 1 nitrogen and oxygen atoms in total. The fraction of sp³-hybridized carbons (Fsp3) is 0. The minimum absolute atomic E-state index is 0. The van der Waals surface area contributed by atoms with E-state index in [2.05, 4.69) is 6.58 Å². The van der Waals surface area contributed by atoms with Crippen molar-refractivity contribution in [3.05, 3.63) is 36.4 Å². The molecule has 1 N–H and O–H groups in total. The zero-order valence-electron chi connectivity index (χ0n) is 7.04. The van der Waals surface area contributed by atoms with E-state index in [1.807, 2.05) is 12.1 Å². The molecule has 2 heteroatoms. The van der Waals surface area contributed by atoms with Crippen molar-refractivity contribution in [3.8, 4) is 5.75 Å². The normalized spacial score (nSPS) is 8.00. The van der Waals surface area contributed by atoms with Crippen LogP contribution in [0.4, 0.5) is 0 Å². The van der Waals surface area contributed by atoms with Crippen LogP contribution >= 0.6 is 0 Å². The summed E-state index contributed by atoms with van der Waals surface area (Å²) in [5.41, 5.74) is 0.775. The van der Waals surface area contributed by atoms with Gasteiger partial charge in [0.2, 0.25) is 0 Å². The Balaban J connectivity index is 0. The van der Waals surface area contributed by atoms with Gasteiger partial charge in [-0.1, -0.05) is 30.9 Å². The Bertz CT molecular complexity index is 225. The predicted molar refractivity (Wildman–Crippen MR) is 39.3 cm³/mol. The molecule has 1 aromatic rings. The van der Waals surface area contributed by atoms with Gasteiger partial charge in [-0.05, 0) is 6.07 Å². The first-order valence-electron chi connectivity index (χ1n) is 2.75. The SMILES string of the molecule is C=Cc1ccccc1O.[H-].[K+]. The number of phenols is 1. The minimum Gasteiger partial charge on any atom is -1.00 e. The third kappa shape index (κ3) is 2.56. The summed E-state index contributed by atoms with van der Waals surface area (Å²) in [6.45, 7) is 3.53. The van der Waals surface area contributed by atoms with Crippen molar-refractivity contribution in [2.24, 2.45) is 0 Å². The predicted octanol–water partition coefficient (Wildman–Crippen LogP) is -0.848. The maximum absolute atomic E-state index is 9.04. The minimum atomic E-state index is 0. The van der Waals surface area contributed by atoms with Crippen LogP contribution in [0.3, 0.4) is 0 Å². The Morgan fingerprint density at radius 1 is 1.40 bits per heavy atom. The molecule has 48 valence electrons. The maximum Gasteiger partial charge on any atom is 1.00 e. The van der Waals surface area contributed by atoms with Crippen molar-refractivity contribution < 1.29 is 57.9 Å². The van der Waals surface area contributed by atoms with E-state index in [1.165, 1.54) is 0 Å². The second kappa shape index (κ2) is 5.10. The van der Waals surface area contributed by atoms with Gasteiger partial charge in [-0.2, -0.15) is 0 Å². The smallest absolute Gasteiger partial charge is 1.00 e. The van der Waals surface area contributed by atoms with Crippen molar-refractivity contribution in [1.29, 1.82) is 0 Å². The molecule has 0 fully saturated rings. The number of benzene rings is 1. The molecule has 0 heterocycles. The van der Waals surface area contributed by atoms with Crippen LogP contribution in [0.5, 0.6) is 5.75 Å². The molecule has 0 aromatic heterocycles. The van der Waals surface area contributed by atoms with Crippen LogP contribution in [-0.4, -0.2) is 5.11 Å². The second-order valence-electron chi connectivity index (χ2n) is 1.76. The summed E-state index contributed by atoms with van der Waals surface area (Å²) in [5.74, 6) is 0.285. The van der Waals surface area contributed by atoms with Crippen LogP contribution in [0, 0.1) is 0 Å². The summed E-state index contributed by atoms with van der Waals surface area (Å²) in [6.07, 6.45) is 1.62. The zero-order valence-corrected chi connectivity index (χ0v) is 9.16. The van der Waals surface area contributed by atoms with E-state index < -0.39 is 0 Å². The molecular formula is C8H9KO. The van der Waals surface area contributed by atoms with Gasteiger partial charge in [0.1, 0.15) is 5.75 Å². The number of para-hydroxylation sites is 1. The van der Waals surface area contributed by atoms with E-state index in [0.29, 0.717) is 0 Å². The van der Waals surface area contributed by atoms with Crippen LogP contribution in [-0.2, 0) is 0 Å². The van der Waals surface area contributed by atoms with Crippen molar-refractivity contribution in [3.63, 3.8) is 0 Å². The van der Waals surface area contributed by atoms with Crippen LogP contribution in [0.1, 0.15) is 6.99 Å². The molecule has 10 heavy (non-hydrogen) atoms. The molecule has 0 aliphatic heterocycles. The van der Waals surface area contributed by atoms with Crippen LogP contribution < -0.4 is 51.4 Å². The summed E-state index contributed by atoms with van der Waals surface area (Å²) < 4.78 is 0. The molecule has 0 saturated heterocycles. The van der Waals surface area contributed by atoms with Crippen molar-refractivity contribution >= 4 is 6.08 Å². The fourth-order valence-corrected chi connectivity index (χ4v) is 0.660. The molecule has 0 spiro atoms. The third-order valence-electron chi connectivity index (χ3n) is 1.16. The van der Waals surface area contributed by atoms with E-state index in [1.54, 1.807) is 18.2 Å². The monoisotopic (exact) mass is 160 g/mol. The Hall–Kier alpha value is 0.396. The molecule has 0 aliphatic rings. The molecule has 0 radical (unpaired) electrons. The van der Waals surface area contributed by atoms with Gasteiger partial charge >= 0.3 is 51.4 Å². The average Bonchev–Trinajstić information content (AvgIpc) is 1.89. The standard InChI is InChI=1S/C8H8O.K.H/c1-2-7-5-3-4-6-8(7)9;;/h2-6,9H,1H2;;/q;+1;-1. The van der Waals surface area contributed by atoms with Gasteiger partial charge < -0.3 is 6.53 Å². The van der Waals surface area contributed by atoms with Gasteiger partial charge in [0.25, 0.3) is 0 Å². The Morgan fingerprint density at radius 3 is 2.40 bits per heavy atom. The Kier molecular flexibility index (Phi) is 5.30. The van der Waals surface area contributed by atoms with E-state index in [4.69, 9.17) is 5.11 Å². The van der Waals surface area contributed by atoms with E-state index >= 15 is 0 Å². The van der Waals surface area contributed by atoms with E-state index in [9.17, 15) is 0 Å². The molecule has 0 bridgehead atoms. The zero-order chi connectivity index (χ0) is 6.69. The maximum atomic E-state index is 9.04. The molecule has 0 aliphatic carbocycles.